The number of nitrogens with one attached hydrogen (secondary N) is 1. The van der Waals surface area contributed by atoms with Crippen LogP contribution in [0.25, 0.3) is 10.2 Å². The molecule has 0 aliphatic heterocycles. The van der Waals surface area contributed by atoms with Crippen molar-refractivity contribution in [2.75, 3.05) is 0 Å². The molecule has 84 valence electrons. The molecule has 0 radical (unpaired) electrons. The van der Waals surface area contributed by atoms with Gasteiger partial charge in [0.2, 0.25) is 0 Å². The van der Waals surface area contributed by atoms with Crippen molar-refractivity contribution < 1.29 is 4.79 Å². The van der Waals surface area contributed by atoms with E-state index in [1.165, 1.54) is 0 Å². The maximum atomic E-state index is 11.9. The van der Waals surface area contributed by atoms with Gasteiger partial charge in [-0.3, -0.25) is 4.79 Å². The maximum Gasteiger partial charge on any atom is 0.251 e. The molecule has 1 atom stereocenters. The Hall–Kier alpha value is -1.42. The number of hydrogen-bond acceptors (Lipinski definition) is 3. The molecular formula is C12H14N2OS. The topological polar surface area (TPSA) is 42.0 Å². The minimum atomic E-state index is -0.00958. The number of aromatic nitrogens is 1. The maximum absolute atomic E-state index is 11.9. The number of nitrogens with zero attached hydrogens (tertiary/aromatic N) is 1. The van der Waals surface area contributed by atoms with Crippen LogP contribution >= 0.6 is 11.3 Å². The summed E-state index contributed by atoms with van der Waals surface area (Å²) in [6.07, 6.45) is 0.939. The van der Waals surface area contributed by atoms with E-state index in [2.05, 4.69) is 17.2 Å². The number of benzene rings is 1. The van der Waals surface area contributed by atoms with Crippen molar-refractivity contribution in [3.63, 3.8) is 0 Å². The monoisotopic (exact) mass is 234 g/mol. The van der Waals surface area contributed by atoms with E-state index in [-0.39, 0.29) is 11.9 Å². The molecule has 0 saturated heterocycles. The Balaban J connectivity index is 2.22. The average Bonchev–Trinajstić information content (AvgIpc) is 2.75. The fourth-order valence-electron chi connectivity index (χ4n) is 1.41. The van der Waals surface area contributed by atoms with Gasteiger partial charge in [-0.25, -0.2) is 4.98 Å². The zero-order valence-electron chi connectivity index (χ0n) is 9.36. The Morgan fingerprint density at radius 3 is 3.12 bits per heavy atom. The second kappa shape index (κ2) is 4.61. The van der Waals surface area contributed by atoms with Gasteiger partial charge in [-0.1, -0.05) is 6.92 Å². The van der Waals surface area contributed by atoms with Gasteiger partial charge in [0.05, 0.1) is 15.7 Å². The van der Waals surface area contributed by atoms with Crippen molar-refractivity contribution in [3.05, 3.63) is 29.3 Å². The van der Waals surface area contributed by atoms with Crippen LogP contribution in [-0.4, -0.2) is 16.9 Å². The Kier molecular flexibility index (Phi) is 3.19. The first kappa shape index (κ1) is 11.1. The molecule has 4 heteroatoms. The minimum Gasteiger partial charge on any atom is -0.350 e. The Labute approximate surface area is 98.5 Å². The molecule has 1 aromatic carbocycles. The van der Waals surface area contributed by atoms with Gasteiger partial charge in [0, 0.05) is 11.6 Å². The van der Waals surface area contributed by atoms with Gasteiger partial charge >= 0.3 is 0 Å². The summed E-state index contributed by atoms with van der Waals surface area (Å²) in [5.41, 5.74) is 3.45. The van der Waals surface area contributed by atoms with Crippen molar-refractivity contribution in [1.29, 1.82) is 0 Å². The molecule has 1 aromatic heterocycles. The second-order valence-corrected chi connectivity index (χ2v) is 4.70. The molecule has 1 N–H and O–H groups in total. The van der Waals surface area contributed by atoms with Gasteiger partial charge in [0.25, 0.3) is 5.91 Å². The molecular weight excluding hydrogens is 220 g/mol. The van der Waals surface area contributed by atoms with Crippen LogP contribution in [0.4, 0.5) is 0 Å². The van der Waals surface area contributed by atoms with E-state index in [4.69, 9.17) is 0 Å². The first-order valence-corrected chi connectivity index (χ1v) is 6.22. The van der Waals surface area contributed by atoms with Crippen molar-refractivity contribution in [3.8, 4) is 0 Å². The van der Waals surface area contributed by atoms with Crippen LogP contribution in [0.15, 0.2) is 23.7 Å². The molecule has 1 unspecified atom stereocenters. The number of carbonyl (C=O) groups excluding carboxylic acids is 1. The van der Waals surface area contributed by atoms with Crippen LogP contribution in [-0.2, 0) is 0 Å². The third-order valence-corrected chi connectivity index (χ3v) is 3.38. The highest BCUT2D eigenvalue weighted by atomic mass is 32.1. The summed E-state index contributed by atoms with van der Waals surface area (Å²) in [5.74, 6) is -0.00958. The van der Waals surface area contributed by atoms with E-state index < -0.39 is 0 Å². The number of rotatable bonds is 3. The van der Waals surface area contributed by atoms with Crippen LogP contribution in [0.3, 0.4) is 0 Å². The number of carbonyl (C=O) groups is 1. The summed E-state index contributed by atoms with van der Waals surface area (Å²) in [5, 5.41) is 2.95. The van der Waals surface area contributed by atoms with E-state index in [9.17, 15) is 4.79 Å². The Bertz CT molecular complexity index is 506. The van der Waals surface area contributed by atoms with E-state index >= 15 is 0 Å². The highest BCUT2D eigenvalue weighted by molar-refractivity contribution is 7.16. The lowest BCUT2D eigenvalue weighted by Gasteiger charge is -2.11. The fraction of sp³-hybridized carbons (Fsp3) is 0.333. The van der Waals surface area contributed by atoms with Crippen molar-refractivity contribution in [1.82, 2.24) is 10.3 Å². The van der Waals surface area contributed by atoms with Crippen LogP contribution in [0, 0.1) is 0 Å². The second-order valence-electron chi connectivity index (χ2n) is 3.82. The number of thiazole rings is 1. The van der Waals surface area contributed by atoms with Crippen molar-refractivity contribution in [2.45, 2.75) is 26.3 Å². The predicted molar refractivity (Wildman–Crippen MR) is 66.8 cm³/mol. The van der Waals surface area contributed by atoms with Crippen LogP contribution in [0.5, 0.6) is 0 Å². The van der Waals surface area contributed by atoms with Gasteiger partial charge < -0.3 is 5.32 Å². The molecule has 0 fully saturated rings. The number of hydrogen-bond donors (Lipinski definition) is 1. The highest BCUT2D eigenvalue weighted by Gasteiger charge is 2.09. The molecule has 3 nitrogen and oxygen atoms in total. The Morgan fingerprint density at radius 2 is 2.38 bits per heavy atom. The SMILES string of the molecule is CCC(C)NC(=O)c1ccc2ncsc2c1. The lowest BCUT2D eigenvalue weighted by molar-refractivity contribution is 0.0939. The molecule has 1 amide bonds. The van der Waals surface area contributed by atoms with E-state index in [0.29, 0.717) is 5.56 Å². The third kappa shape index (κ3) is 2.22. The van der Waals surface area contributed by atoms with E-state index in [1.54, 1.807) is 16.8 Å². The van der Waals surface area contributed by atoms with Gasteiger partial charge in [-0.05, 0) is 31.5 Å². The number of fused-ring (bicyclic) bond motifs is 1. The summed E-state index contributed by atoms with van der Waals surface area (Å²) in [6, 6.07) is 5.81. The molecule has 1 heterocycles. The quantitative estimate of drug-likeness (QED) is 0.887. The first-order valence-electron chi connectivity index (χ1n) is 5.35. The fourth-order valence-corrected chi connectivity index (χ4v) is 2.12. The van der Waals surface area contributed by atoms with Gasteiger partial charge in [-0.2, -0.15) is 0 Å². The summed E-state index contributed by atoms with van der Waals surface area (Å²) in [6.45, 7) is 4.06. The molecule has 16 heavy (non-hydrogen) atoms. The van der Waals surface area contributed by atoms with Gasteiger partial charge in [0.15, 0.2) is 0 Å². The van der Waals surface area contributed by atoms with E-state index in [1.807, 2.05) is 25.1 Å². The normalized spacial score (nSPS) is 12.6. The van der Waals surface area contributed by atoms with Crippen molar-refractivity contribution >= 4 is 27.5 Å². The lowest BCUT2D eigenvalue weighted by Crippen LogP contribution is -2.31. The van der Waals surface area contributed by atoms with E-state index in [0.717, 1.165) is 16.6 Å². The molecule has 2 rings (SSSR count). The summed E-state index contributed by atoms with van der Waals surface area (Å²) >= 11 is 1.55. The summed E-state index contributed by atoms with van der Waals surface area (Å²) < 4.78 is 1.05. The Morgan fingerprint density at radius 1 is 1.56 bits per heavy atom. The molecule has 0 spiro atoms. The van der Waals surface area contributed by atoms with Crippen LogP contribution < -0.4 is 5.32 Å². The summed E-state index contributed by atoms with van der Waals surface area (Å²) in [4.78, 5) is 16.0. The molecule has 2 aromatic rings. The van der Waals surface area contributed by atoms with Crippen LogP contribution in [0.2, 0.25) is 0 Å². The standard InChI is InChI=1S/C12H14N2OS/c1-3-8(2)14-12(15)9-4-5-10-11(6-9)16-7-13-10/h4-8H,3H2,1-2H3,(H,14,15). The lowest BCUT2D eigenvalue weighted by atomic mass is 10.2. The molecule has 0 aliphatic rings. The average molecular weight is 234 g/mol. The molecule has 0 bridgehead atoms. The van der Waals surface area contributed by atoms with Gasteiger partial charge in [0.1, 0.15) is 0 Å². The third-order valence-electron chi connectivity index (χ3n) is 2.58. The largest absolute Gasteiger partial charge is 0.350 e. The summed E-state index contributed by atoms with van der Waals surface area (Å²) in [7, 11) is 0. The van der Waals surface area contributed by atoms with Crippen molar-refractivity contribution in [2.24, 2.45) is 0 Å². The zero-order chi connectivity index (χ0) is 11.5. The predicted octanol–water partition coefficient (Wildman–Crippen LogP) is 2.82. The molecule has 0 aliphatic carbocycles. The molecule has 0 saturated carbocycles. The minimum absolute atomic E-state index is 0.00958. The van der Waals surface area contributed by atoms with Gasteiger partial charge in [-0.15, -0.1) is 11.3 Å². The zero-order valence-corrected chi connectivity index (χ0v) is 10.2. The smallest absolute Gasteiger partial charge is 0.251 e. The first-order chi connectivity index (χ1) is 7.70. The highest BCUT2D eigenvalue weighted by Crippen LogP contribution is 2.19. The van der Waals surface area contributed by atoms with Crippen LogP contribution in [0.1, 0.15) is 30.6 Å². The number of amides is 1.